The maximum Gasteiger partial charge on any atom is 0.131 e. The number of anilines is 2. The van der Waals surface area contributed by atoms with E-state index in [1.807, 2.05) is 12.1 Å². The van der Waals surface area contributed by atoms with Crippen LogP contribution in [0.5, 0.6) is 0 Å². The maximum absolute atomic E-state index is 6.07. The molecule has 1 fully saturated rings. The van der Waals surface area contributed by atoms with Gasteiger partial charge in [-0.25, -0.2) is 4.98 Å². The van der Waals surface area contributed by atoms with Crippen LogP contribution in [0.3, 0.4) is 0 Å². The second kappa shape index (κ2) is 8.59. The van der Waals surface area contributed by atoms with Gasteiger partial charge in [0.1, 0.15) is 5.82 Å². The van der Waals surface area contributed by atoms with E-state index in [2.05, 4.69) is 58.6 Å². The molecular formula is C23H28N4O. The molecule has 28 heavy (non-hydrogen) atoms. The first-order valence-corrected chi connectivity index (χ1v) is 9.93. The van der Waals surface area contributed by atoms with Crippen LogP contribution in [0.2, 0.25) is 0 Å². The van der Waals surface area contributed by atoms with Crippen molar-refractivity contribution in [2.45, 2.75) is 32.1 Å². The highest BCUT2D eigenvalue weighted by Gasteiger charge is 2.16. The van der Waals surface area contributed by atoms with Crippen molar-refractivity contribution >= 4 is 22.3 Å². The SMILES string of the molecule is CN1CCC(OCc2ccc(NCc3ccc4c(N)nccc4c3)cc2)CC1. The third-order valence-corrected chi connectivity index (χ3v) is 5.46. The van der Waals surface area contributed by atoms with Crippen LogP contribution >= 0.6 is 0 Å². The van der Waals surface area contributed by atoms with E-state index in [0.29, 0.717) is 18.5 Å². The Labute approximate surface area is 166 Å². The molecule has 0 atom stereocenters. The zero-order chi connectivity index (χ0) is 19.3. The Kier molecular flexibility index (Phi) is 5.74. The zero-order valence-corrected chi connectivity index (χ0v) is 16.4. The lowest BCUT2D eigenvalue weighted by atomic mass is 10.1. The summed E-state index contributed by atoms with van der Waals surface area (Å²) in [5.74, 6) is 0.579. The monoisotopic (exact) mass is 376 g/mol. The predicted octanol–water partition coefficient (Wildman–Crippen LogP) is 4.04. The smallest absolute Gasteiger partial charge is 0.131 e. The van der Waals surface area contributed by atoms with Gasteiger partial charge in [0.25, 0.3) is 0 Å². The fraction of sp³-hybridized carbons (Fsp3) is 0.348. The lowest BCUT2D eigenvalue weighted by molar-refractivity contribution is 0.00214. The third-order valence-electron chi connectivity index (χ3n) is 5.46. The van der Waals surface area contributed by atoms with Crippen LogP contribution in [0.25, 0.3) is 10.8 Å². The van der Waals surface area contributed by atoms with E-state index in [1.54, 1.807) is 6.20 Å². The summed E-state index contributed by atoms with van der Waals surface area (Å²) < 4.78 is 6.07. The summed E-state index contributed by atoms with van der Waals surface area (Å²) in [6.07, 6.45) is 4.40. The van der Waals surface area contributed by atoms with E-state index in [0.717, 1.165) is 48.9 Å². The second-order valence-corrected chi connectivity index (χ2v) is 7.62. The highest BCUT2D eigenvalue weighted by molar-refractivity contribution is 5.91. The van der Waals surface area contributed by atoms with Crippen LogP contribution in [0, 0.1) is 0 Å². The molecule has 0 radical (unpaired) electrons. The van der Waals surface area contributed by atoms with E-state index in [9.17, 15) is 0 Å². The first-order chi connectivity index (χ1) is 13.7. The van der Waals surface area contributed by atoms with Crippen LogP contribution < -0.4 is 11.1 Å². The Hall–Kier alpha value is -2.63. The highest BCUT2D eigenvalue weighted by atomic mass is 16.5. The Morgan fingerprint density at radius 2 is 1.82 bits per heavy atom. The van der Waals surface area contributed by atoms with Gasteiger partial charge in [0.2, 0.25) is 0 Å². The minimum Gasteiger partial charge on any atom is -0.383 e. The summed E-state index contributed by atoms with van der Waals surface area (Å²) in [4.78, 5) is 6.50. The summed E-state index contributed by atoms with van der Waals surface area (Å²) in [5, 5.41) is 5.60. The predicted molar refractivity (Wildman–Crippen MR) is 115 cm³/mol. The Morgan fingerprint density at radius 3 is 2.61 bits per heavy atom. The average Bonchev–Trinajstić information content (AvgIpc) is 2.73. The van der Waals surface area contributed by atoms with Crippen molar-refractivity contribution in [1.29, 1.82) is 0 Å². The number of fused-ring (bicyclic) bond motifs is 1. The first kappa shape index (κ1) is 18.7. The maximum atomic E-state index is 6.07. The van der Waals surface area contributed by atoms with Gasteiger partial charge in [-0.1, -0.05) is 24.3 Å². The lowest BCUT2D eigenvalue weighted by Crippen LogP contribution is -2.34. The van der Waals surface area contributed by atoms with Gasteiger partial charge >= 0.3 is 0 Å². The van der Waals surface area contributed by atoms with Gasteiger partial charge < -0.3 is 20.7 Å². The third kappa shape index (κ3) is 4.61. The molecule has 0 aliphatic carbocycles. The number of likely N-dealkylation sites (tertiary alicyclic amines) is 1. The summed E-state index contributed by atoms with van der Waals surface area (Å²) in [6, 6.07) is 16.8. The molecular weight excluding hydrogens is 348 g/mol. The van der Waals surface area contributed by atoms with Gasteiger partial charge in [-0.2, -0.15) is 0 Å². The van der Waals surface area contributed by atoms with Gasteiger partial charge in [0, 0.05) is 36.9 Å². The molecule has 4 rings (SSSR count). The molecule has 1 saturated heterocycles. The fourth-order valence-electron chi connectivity index (χ4n) is 3.65. The average molecular weight is 377 g/mol. The molecule has 3 N–H and O–H groups in total. The molecule has 5 heteroatoms. The molecule has 3 aromatic rings. The molecule has 0 bridgehead atoms. The molecule has 5 nitrogen and oxygen atoms in total. The van der Waals surface area contributed by atoms with Crippen molar-refractivity contribution in [2.75, 3.05) is 31.2 Å². The van der Waals surface area contributed by atoms with Crippen molar-refractivity contribution < 1.29 is 4.74 Å². The number of hydrogen-bond acceptors (Lipinski definition) is 5. The molecule has 1 aromatic heterocycles. The van der Waals surface area contributed by atoms with Crippen molar-refractivity contribution in [3.63, 3.8) is 0 Å². The molecule has 0 amide bonds. The standard InChI is InChI=1S/C23H28N4O/c1-27-12-9-21(10-13-27)28-16-17-2-5-20(6-3-17)26-15-18-4-7-22-19(14-18)8-11-25-23(22)24/h2-8,11,14,21,26H,9-10,12-13,15-16H2,1H3,(H2,24,25). The van der Waals surface area contributed by atoms with Crippen molar-refractivity contribution in [1.82, 2.24) is 9.88 Å². The van der Waals surface area contributed by atoms with Crippen molar-refractivity contribution in [2.24, 2.45) is 0 Å². The van der Waals surface area contributed by atoms with E-state index in [4.69, 9.17) is 10.5 Å². The topological polar surface area (TPSA) is 63.4 Å². The molecule has 0 unspecified atom stereocenters. The molecule has 0 saturated carbocycles. The first-order valence-electron chi connectivity index (χ1n) is 9.93. The molecule has 146 valence electrons. The van der Waals surface area contributed by atoms with Crippen LogP contribution in [-0.4, -0.2) is 36.1 Å². The van der Waals surface area contributed by atoms with E-state index >= 15 is 0 Å². The lowest BCUT2D eigenvalue weighted by Gasteiger charge is -2.28. The highest BCUT2D eigenvalue weighted by Crippen LogP contribution is 2.21. The van der Waals surface area contributed by atoms with Crippen molar-refractivity contribution in [3.05, 3.63) is 65.9 Å². The number of benzene rings is 2. The number of nitrogen functional groups attached to an aromatic ring is 1. The van der Waals surface area contributed by atoms with Crippen LogP contribution in [0.1, 0.15) is 24.0 Å². The Morgan fingerprint density at radius 1 is 1.07 bits per heavy atom. The number of nitrogens with two attached hydrogens (primary N) is 1. The summed E-state index contributed by atoms with van der Waals surface area (Å²) >= 11 is 0. The second-order valence-electron chi connectivity index (χ2n) is 7.62. The summed E-state index contributed by atoms with van der Waals surface area (Å²) in [7, 11) is 2.17. The van der Waals surface area contributed by atoms with Crippen LogP contribution in [0.15, 0.2) is 54.7 Å². The number of rotatable bonds is 6. The van der Waals surface area contributed by atoms with Gasteiger partial charge in [0.05, 0.1) is 12.7 Å². The summed E-state index contributed by atoms with van der Waals surface area (Å²) in [6.45, 7) is 3.72. The van der Waals surface area contributed by atoms with E-state index < -0.39 is 0 Å². The van der Waals surface area contributed by atoms with Crippen LogP contribution in [0.4, 0.5) is 11.5 Å². The van der Waals surface area contributed by atoms with Gasteiger partial charge in [-0.05, 0) is 60.7 Å². The summed E-state index contributed by atoms with van der Waals surface area (Å²) in [5.41, 5.74) is 9.47. The van der Waals surface area contributed by atoms with E-state index in [1.165, 1.54) is 11.1 Å². The molecule has 1 aliphatic rings. The van der Waals surface area contributed by atoms with Crippen LogP contribution in [-0.2, 0) is 17.9 Å². The van der Waals surface area contributed by atoms with Gasteiger partial charge in [-0.3, -0.25) is 0 Å². The molecule has 2 aromatic carbocycles. The number of nitrogens with one attached hydrogen (secondary N) is 1. The minimum absolute atomic E-state index is 0.395. The van der Waals surface area contributed by atoms with E-state index in [-0.39, 0.29) is 0 Å². The normalized spacial score (nSPS) is 15.8. The largest absolute Gasteiger partial charge is 0.383 e. The quantitative estimate of drug-likeness (QED) is 0.680. The number of piperidine rings is 1. The number of pyridine rings is 1. The van der Waals surface area contributed by atoms with Gasteiger partial charge in [-0.15, -0.1) is 0 Å². The zero-order valence-electron chi connectivity index (χ0n) is 16.4. The number of ether oxygens (including phenoxy) is 1. The molecule has 2 heterocycles. The fourth-order valence-corrected chi connectivity index (χ4v) is 3.65. The molecule has 1 aliphatic heterocycles. The number of nitrogens with zero attached hydrogens (tertiary/aromatic N) is 2. The Bertz CT molecular complexity index is 918. The number of aromatic nitrogens is 1. The molecule has 0 spiro atoms. The Balaban J connectivity index is 1.30. The van der Waals surface area contributed by atoms with Crippen molar-refractivity contribution in [3.8, 4) is 0 Å². The number of hydrogen-bond donors (Lipinski definition) is 2. The minimum atomic E-state index is 0.395. The van der Waals surface area contributed by atoms with Gasteiger partial charge in [0.15, 0.2) is 0 Å².